The second-order valence-electron chi connectivity index (χ2n) is 7.87. The molecule has 0 N–H and O–H groups in total. The molecule has 1 unspecified atom stereocenters. The minimum atomic E-state index is -4.56. The van der Waals surface area contributed by atoms with Crippen molar-refractivity contribution in [1.29, 1.82) is 5.26 Å². The SMILES string of the molecule is CCc1cc(C#N)c([P+](=O)OCOC(=O)C(C)(C)C)cc1Oc1ccc(C(F)(F)F)cc1Cl. The summed E-state index contributed by atoms with van der Waals surface area (Å²) in [4.78, 5) is 11.8. The quantitative estimate of drug-likeness (QED) is 0.243. The number of hydrogen-bond acceptors (Lipinski definition) is 6. The predicted octanol–water partition coefficient (Wildman–Crippen LogP) is 6.52. The van der Waals surface area contributed by atoms with E-state index in [0.717, 1.165) is 18.2 Å². The topological polar surface area (TPSA) is 85.6 Å². The van der Waals surface area contributed by atoms with Crippen molar-refractivity contribution >= 4 is 30.9 Å². The minimum Gasteiger partial charge on any atom is -0.455 e. The van der Waals surface area contributed by atoms with Gasteiger partial charge in [0.1, 0.15) is 23.1 Å². The smallest absolute Gasteiger partial charge is 0.455 e. The van der Waals surface area contributed by atoms with Gasteiger partial charge in [-0.2, -0.15) is 18.4 Å². The van der Waals surface area contributed by atoms with E-state index in [1.54, 1.807) is 27.7 Å². The Hall–Kier alpha value is -2.66. The van der Waals surface area contributed by atoms with Gasteiger partial charge in [0.25, 0.3) is 0 Å². The fraction of sp³-hybridized carbons (Fsp3) is 0.364. The number of carbonyl (C=O) groups is 1. The first kappa shape index (κ1) is 26.6. The molecule has 1 atom stereocenters. The molecule has 0 aliphatic rings. The van der Waals surface area contributed by atoms with E-state index in [4.69, 9.17) is 25.6 Å². The Morgan fingerprint density at radius 2 is 1.82 bits per heavy atom. The molecule has 6 nitrogen and oxygen atoms in total. The third-order valence-electron chi connectivity index (χ3n) is 4.33. The van der Waals surface area contributed by atoms with Crippen molar-refractivity contribution in [3.63, 3.8) is 0 Å². The maximum Gasteiger partial charge on any atom is 0.553 e. The van der Waals surface area contributed by atoms with Crippen molar-refractivity contribution in [2.24, 2.45) is 5.41 Å². The summed E-state index contributed by atoms with van der Waals surface area (Å²) in [5.74, 6) is -0.467. The number of aryl methyl sites for hydroxylation is 1. The van der Waals surface area contributed by atoms with E-state index in [-0.39, 0.29) is 27.4 Å². The Balaban J connectivity index is 2.32. The minimum absolute atomic E-state index is 0.0189. The van der Waals surface area contributed by atoms with Crippen LogP contribution >= 0.6 is 19.6 Å². The molecule has 0 aliphatic heterocycles. The fourth-order valence-electron chi connectivity index (χ4n) is 2.52. The summed E-state index contributed by atoms with van der Waals surface area (Å²) in [5.41, 5.74) is -1.12. The molecule has 2 aromatic carbocycles. The van der Waals surface area contributed by atoms with Gasteiger partial charge in [-0.3, -0.25) is 4.79 Å². The lowest BCUT2D eigenvalue weighted by Crippen LogP contribution is -2.23. The zero-order chi connectivity index (χ0) is 25.0. The molecule has 0 fully saturated rings. The van der Waals surface area contributed by atoms with Crippen LogP contribution in [0.15, 0.2) is 30.3 Å². The van der Waals surface area contributed by atoms with Crippen LogP contribution < -0.4 is 10.0 Å². The number of rotatable bonds is 7. The summed E-state index contributed by atoms with van der Waals surface area (Å²) < 4.78 is 67.0. The first-order valence-corrected chi connectivity index (χ1v) is 11.2. The highest BCUT2D eigenvalue weighted by Gasteiger charge is 2.33. The van der Waals surface area contributed by atoms with Crippen LogP contribution in [0.5, 0.6) is 11.5 Å². The number of esters is 1. The molecular weight excluding hydrogens is 482 g/mol. The molecule has 0 saturated heterocycles. The number of benzene rings is 2. The first-order chi connectivity index (χ1) is 15.3. The van der Waals surface area contributed by atoms with Crippen LogP contribution in [-0.4, -0.2) is 12.8 Å². The van der Waals surface area contributed by atoms with Crippen molar-refractivity contribution in [3.8, 4) is 17.6 Å². The lowest BCUT2D eigenvalue weighted by atomic mass is 9.98. The molecule has 11 heteroatoms. The largest absolute Gasteiger partial charge is 0.553 e. The number of nitrogens with zero attached hydrogens (tertiary/aromatic N) is 1. The average molecular weight is 503 g/mol. The molecule has 176 valence electrons. The van der Waals surface area contributed by atoms with E-state index in [9.17, 15) is 27.8 Å². The van der Waals surface area contributed by atoms with Gasteiger partial charge in [-0.15, -0.1) is 0 Å². The van der Waals surface area contributed by atoms with Gasteiger partial charge in [0.05, 0.1) is 16.0 Å². The van der Waals surface area contributed by atoms with E-state index in [2.05, 4.69) is 0 Å². The molecule has 0 bridgehead atoms. The van der Waals surface area contributed by atoms with Gasteiger partial charge in [0, 0.05) is 6.07 Å². The number of nitriles is 1. The van der Waals surface area contributed by atoms with Gasteiger partial charge in [-0.1, -0.05) is 23.0 Å². The highest BCUT2D eigenvalue weighted by atomic mass is 35.5. The zero-order valence-electron chi connectivity index (χ0n) is 18.2. The number of hydrogen-bond donors (Lipinski definition) is 0. The molecule has 0 amide bonds. The molecule has 33 heavy (non-hydrogen) atoms. The molecule has 0 saturated carbocycles. The Morgan fingerprint density at radius 1 is 1.15 bits per heavy atom. The summed E-state index contributed by atoms with van der Waals surface area (Å²) in [6.45, 7) is 6.11. The summed E-state index contributed by atoms with van der Waals surface area (Å²) in [7, 11) is -2.62. The number of carbonyl (C=O) groups excluding carboxylic acids is 1. The summed E-state index contributed by atoms with van der Waals surface area (Å²) in [5, 5.41) is 9.16. The normalized spacial score (nSPS) is 12.2. The Bertz CT molecular complexity index is 1110. The maximum atomic E-state index is 12.9. The second-order valence-corrected chi connectivity index (χ2v) is 9.53. The average Bonchev–Trinajstić information content (AvgIpc) is 2.73. The molecule has 0 aromatic heterocycles. The third kappa shape index (κ3) is 6.91. The van der Waals surface area contributed by atoms with Crippen molar-refractivity contribution in [1.82, 2.24) is 0 Å². The van der Waals surface area contributed by atoms with Crippen molar-refractivity contribution in [3.05, 3.63) is 52.0 Å². The van der Waals surface area contributed by atoms with Crippen LogP contribution in [0, 0.1) is 16.7 Å². The Labute approximate surface area is 195 Å². The van der Waals surface area contributed by atoms with Crippen LogP contribution in [-0.2, 0) is 31.2 Å². The predicted molar refractivity (Wildman–Crippen MR) is 116 cm³/mol. The standard InChI is InChI=1S/C22H21ClF3NO5P/c1-5-13-8-14(11-27)19(33(29)31-12-30-20(28)21(2,3)4)10-18(13)32-17-7-6-15(9-16(17)23)22(24,25)26/h6-10H,5,12H2,1-4H3/q+1. The highest BCUT2D eigenvalue weighted by molar-refractivity contribution is 7.48. The van der Waals surface area contributed by atoms with E-state index >= 15 is 0 Å². The lowest BCUT2D eigenvalue weighted by Gasteiger charge is -2.15. The molecule has 2 aromatic rings. The van der Waals surface area contributed by atoms with Crippen molar-refractivity contribution in [2.45, 2.75) is 40.3 Å². The van der Waals surface area contributed by atoms with Gasteiger partial charge in [-0.25, -0.2) is 0 Å². The van der Waals surface area contributed by atoms with Crippen molar-refractivity contribution < 1.29 is 36.5 Å². The number of alkyl halides is 3. The first-order valence-electron chi connectivity index (χ1n) is 9.67. The van der Waals surface area contributed by atoms with Crippen LogP contribution in [0.1, 0.15) is 44.4 Å². The highest BCUT2D eigenvalue weighted by Crippen LogP contribution is 2.38. The van der Waals surface area contributed by atoms with Crippen LogP contribution in [0.25, 0.3) is 0 Å². The molecular formula is C22H21ClF3NO5P+. The second kappa shape index (κ2) is 10.5. The number of ether oxygens (including phenoxy) is 2. The van der Waals surface area contributed by atoms with Gasteiger partial charge < -0.3 is 9.47 Å². The molecule has 0 spiro atoms. The monoisotopic (exact) mass is 502 g/mol. The Kier molecular flexibility index (Phi) is 8.47. The van der Waals surface area contributed by atoms with Crippen LogP contribution in [0.2, 0.25) is 5.02 Å². The molecule has 2 rings (SSSR count). The Morgan fingerprint density at radius 3 is 2.33 bits per heavy atom. The summed E-state index contributed by atoms with van der Waals surface area (Å²) in [6, 6.07) is 7.30. The number of halogens is 4. The maximum absolute atomic E-state index is 12.9. The molecule has 0 radical (unpaired) electrons. The third-order valence-corrected chi connectivity index (χ3v) is 5.73. The van der Waals surface area contributed by atoms with E-state index in [0.29, 0.717) is 12.0 Å². The van der Waals surface area contributed by atoms with Gasteiger partial charge in [-0.05, 0) is 61.6 Å². The fourth-order valence-corrected chi connectivity index (χ4v) is 3.56. The van der Waals surface area contributed by atoms with Crippen molar-refractivity contribution in [2.75, 3.05) is 6.79 Å². The van der Waals surface area contributed by atoms with Crippen LogP contribution in [0.3, 0.4) is 0 Å². The van der Waals surface area contributed by atoms with Crippen LogP contribution in [0.4, 0.5) is 13.2 Å². The van der Waals surface area contributed by atoms with Gasteiger partial charge in [0.2, 0.25) is 12.1 Å². The lowest BCUT2D eigenvalue weighted by molar-refractivity contribution is -0.159. The van der Waals surface area contributed by atoms with Gasteiger partial charge >= 0.3 is 20.2 Å². The molecule has 0 aliphatic carbocycles. The zero-order valence-corrected chi connectivity index (χ0v) is 19.9. The van der Waals surface area contributed by atoms with Gasteiger partial charge in [0.15, 0.2) is 0 Å². The van der Waals surface area contributed by atoms with E-state index < -0.39 is 37.9 Å². The summed E-state index contributed by atoms with van der Waals surface area (Å²) in [6.07, 6.45) is -4.16. The van der Waals surface area contributed by atoms with E-state index in [1.165, 1.54) is 12.1 Å². The molecule has 0 heterocycles. The van der Waals surface area contributed by atoms with E-state index in [1.807, 2.05) is 6.07 Å². The summed E-state index contributed by atoms with van der Waals surface area (Å²) >= 11 is 5.97.